The molecule has 0 radical (unpaired) electrons. The lowest BCUT2D eigenvalue weighted by Crippen LogP contribution is -2.39. The predicted molar refractivity (Wildman–Crippen MR) is 97.9 cm³/mol. The number of nitrogens with one attached hydrogen (secondary N) is 2. The predicted octanol–water partition coefficient (Wildman–Crippen LogP) is 3.57. The number of aromatic carboxylic acids is 1. The van der Waals surface area contributed by atoms with Crippen LogP contribution in [-0.2, 0) is 0 Å². The zero-order valence-electron chi connectivity index (χ0n) is 13.8. The Hall–Kier alpha value is -2.86. The van der Waals surface area contributed by atoms with Gasteiger partial charge >= 0.3 is 5.97 Å². The van der Waals surface area contributed by atoms with Gasteiger partial charge in [-0.3, -0.25) is 9.59 Å². The lowest BCUT2D eigenvalue weighted by atomic mass is 9.93. The second-order valence-electron chi connectivity index (χ2n) is 6.10. The molecule has 0 aromatic heterocycles. The first-order valence-electron chi connectivity index (χ1n) is 8.20. The summed E-state index contributed by atoms with van der Waals surface area (Å²) in [7, 11) is 0. The molecule has 0 atom stereocenters. The van der Waals surface area contributed by atoms with Crippen LogP contribution in [0.2, 0.25) is 5.02 Å². The van der Waals surface area contributed by atoms with Crippen molar-refractivity contribution in [1.29, 1.82) is 0 Å². The Bertz CT molecular complexity index is 878. The Morgan fingerprint density at radius 1 is 0.962 bits per heavy atom. The SMILES string of the molecule is O=C(NC1CCC1)c1ccc(NC(=O)c2ccccc2C(=O)O)cc1Cl. The van der Waals surface area contributed by atoms with Crippen LogP contribution in [0.1, 0.15) is 50.3 Å². The zero-order valence-corrected chi connectivity index (χ0v) is 14.5. The minimum absolute atomic E-state index is 0.0444. The van der Waals surface area contributed by atoms with Crippen LogP contribution in [0.25, 0.3) is 0 Å². The van der Waals surface area contributed by atoms with Gasteiger partial charge in [-0.2, -0.15) is 0 Å². The lowest BCUT2D eigenvalue weighted by Gasteiger charge is -2.26. The maximum absolute atomic E-state index is 12.4. The molecule has 1 aliphatic carbocycles. The Kier molecular flexibility index (Phi) is 5.23. The normalized spacial score (nSPS) is 13.6. The number of rotatable bonds is 5. The monoisotopic (exact) mass is 372 g/mol. The molecule has 3 N–H and O–H groups in total. The fourth-order valence-electron chi connectivity index (χ4n) is 2.66. The number of carbonyl (C=O) groups is 3. The molecular weight excluding hydrogens is 356 g/mol. The van der Waals surface area contributed by atoms with Crippen molar-refractivity contribution >= 4 is 35.1 Å². The lowest BCUT2D eigenvalue weighted by molar-refractivity contribution is 0.0692. The van der Waals surface area contributed by atoms with Crippen LogP contribution in [0.15, 0.2) is 42.5 Å². The summed E-state index contributed by atoms with van der Waals surface area (Å²) < 4.78 is 0. The Balaban J connectivity index is 1.74. The molecule has 1 fully saturated rings. The van der Waals surface area contributed by atoms with E-state index < -0.39 is 11.9 Å². The minimum atomic E-state index is -1.18. The number of hydrogen-bond donors (Lipinski definition) is 3. The van der Waals surface area contributed by atoms with Crippen LogP contribution < -0.4 is 10.6 Å². The second kappa shape index (κ2) is 7.58. The number of hydrogen-bond acceptors (Lipinski definition) is 3. The largest absolute Gasteiger partial charge is 0.478 e. The van der Waals surface area contributed by atoms with Crippen molar-refractivity contribution in [3.63, 3.8) is 0 Å². The first kappa shape index (κ1) is 17.9. The van der Waals surface area contributed by atoms with Crippen molar-refractivity contribution in [3.05, 3.63) is 64.2 Å². The number of carboxylic acids is 1. The third-order valence-corrected chi connectivity index (χ3v) is 4.63. The molecule has 1 aliphatic rings. The number of carboxylic acid groups (broad SMARTS) is 1. The quantitative estimate of drug-likeness (QED) is 0.747. The average molecular weight is 373 g/mol. The van der Waals surface area contributed by atoms with Gasteiger partial charge in [-0.05, 0) is 49.6 Å². The van der Waals surface area contributed by atoms with Crippen LogP contribution in [0.3, 0.4) is 0 Å². The van der Waals surface area contributed by atoms with Gasteiger partial charge in [0, 0.05) is 11.7 Å². The van der Waals surface area contributed by atoms with E-state index in [0.29, 0.717) is 11.3 Å². The Labute approximate surface area is 155 Å². The minimum Gasteiger partial charge on any atom is -0.478 e. The molecule has 3 rings (SSSR count). The summed E-state index contributed by atoms with van der Waals surface area (Å²) in [5, 5.41) is 14.9. The zero-order chi connectivity index (χ0) is 18.7. The molecule has 0 spiro atoms. The first-order chi connectivity index (χ1) is 12.5. The maximum Gasteiger partial charge on any atom is 0.336 e. The van der Waals surface area contributed by atoms with E-state index in [1.165, 1.54) is 24.3 Å². The van der Waals surface area contributed by atoms with Crippen molar-refractivity contribution in [2.75, 3.05) is 5.32 Å². The molecule has 7 heteroatoms. The van der Waals surface area contributed by atoms with Gasteiger partial charge < -0.3 is 15.7 Å². The van der Waals surface area contributed by atoms with Gasteiger partial charge in [-0.25, -0.2) is 4.79 Å². The first-order valence-corrected chi connectivity index (χ1v) is 8.57. The van der Waals surface area contributed by atoms with Crippen LogP contribution in [-0.4, -0.2) is 28.9 Å². The molecule has 6 nitrogen and oxygen atoms in total. The number of carbonyl (C=O) groups excluding carboxylic acids is 2. The highest BCUT2D eigenvalue weighted by molar-refractivity contribution is 6.34. The highest BCUT2D eigenvalue weighted by Gasteiger charge is 2.22. The van der Waals surface area contributed by atoms with Crippen LogP contribution >= 0.6 is 11.6 Å². The molecule has 2 amide bonds. The summed E-state index contributed by atoms with van der Waals surface area (Å²) in [4.78, 5) is 35.8. The summed E-state index contributed by atoms with van der Waals surface area (Å²) in [5.74, 6) is -1.99. The van der Waals surface area contributed by atoms with Gasteiger partial charge in [-0.1, -0.05) is 23.7 Å². The molecule has 0 saturated heterocycles. The van der Waals surface area contributed by atoms with Crippen molar-refractivity contribution in [2.24, 2.45) is 0 Å². The van der Waals surface area contributed by atoms with Gasteiger partial charge in [0.2, 0.25) is 0 Å². The topological polar surface area (TPSA) is 95.5 Å². The molecule has 26 heavy (non-hydrogen) atoms. The third kappa shape index (κ3) is 3.86. The molecule has 0 unspecified atom stereocenters. The van der Waals surface area contributed by atoms with E-state index in [2.05, 4.69) is 10.6 Å². The summed E-state index contributed by atoms with van der Waals surface area (Å²) in [6.45, 7) is 0. The standard InChI is InChI=1S/C19H17ClN2O4/c20-16-10-12(8-9-15(16)18(24)21-11-4-3-5-11)22-17(23)13-6-1-2-7-14(13)19(25)26/h1-2,6-11H,3-5H2,(H,21,24)(H,22,23)(H,25,26). The molecule has 0 bridgehead atoms. The van der Waals surface area contributed by atoms with E-state index in [4.69, 9.17) is 11.6 Å². The van der Waals surface area contributed by atoms with Gasteiger partial charge in [-0.15, -0.1) is 0 Å². The summed E-state index contributed by atoms with van der Waals surface area (Å²) in [6, 6.07) is 10.7. The van der Waals surface area contributed by atoms with Crippen LogP contribution in [0, 0.1) is 0 Å². The Morgan fingerprint density at radius 3 is 2.23 bits per heavy atom. The number of halogens is 1. The summed E-state index contributed by atoms with van der Waals surface area (Å²) >= 11 is 6.17. The number of benzene rings is 2. The van der Waals surface area contributed by atoms with E-state index in [1.54, 1.807) is 18.2 Å². The van der Waals surface area contributed by atoms with E-state index in [9.17, 15) is 19.5 Å². The van der Waals surface area contributed by atoms with Crippen molar-refractivity contribution in [2.45, 2.75) is 25.3 Å². The van der Waals surface area contributed by atoms with Crippen LogP contribution in [0.5, 0.6) is 0 Å². The third-order valence-electron chi connectivity index (χ3n) is 4.31. The molecule has 1 saturated carbocycles. The maximum atomic E-state index is 12.4. The molecule has 0 heterocycles. The van der Waals surface area contributed by atoms with E-state index in [0.717, 1.165) is 19.3 Å². The molecule has 0 aliphatic heterocycles. The summed E-state index contributed by atoms with van der Waals surface area (Å²) in [5.41, 5.74) is 0.665. The second-order valence-corrected chi connectivity index (χ2v) is 6.51. The van der Waals surface area contributed by atoms with Crippen molar-refractivity contribution in [1.82, 2.24) is 5.32 Å². The smallest absolute Gasteiger partial charge is 0.336 e. The van der Waals surface area contributed by atoms with Crippen LogP contribution in [0.4, 0.5) is 5.69 Å². The van der Waals surface area contributed by atoms with E-state index in [1.807, 2.05) is 0 Å². The highest BCUT2D eigenvalue weighted by Crippen LogP contribution is 2.24. The number of anilines is 1. The van der Waals surface area contributed by atoms with E-state index >= 15 is 0 Å². The van der Waals surface area contributed by atoms with Gasteiger partial charge in [0.25, 0.3) is 11.8 Å². The van der Waals surface area contributed by atoms with Crippen molar-refractivity contribution < 1.29 is 19.5 Å². The molecule has 2 aromatic rings. The highest BCUT2D eigenvalue weighted by atomic mass is 35.5. The van der Waals surface area contributed by atoms with Gasteiger partial charge in [0.15, 0.2) is 0 Å². The van der Waals surface area contributed by atoms with E-state index in [-0.39, 0.29) is 28.1 Å². The van der Waals surface area contributed by atoms with Gasteiger partial charge in [0.05, 0.1) is 21.7 Å². The molecule has 2 aromatic carbocycles. The fraction of sp³-hybridized carbons (Fsp3) is 0.211. The molecular formula is C19H17ClN2O4. The Morgan fingerprint density at radius 2 is 1.65 bits per heavy atom. The van der Waals surface area contributed by atoms with Gasteiger partial charge in [0.1, 0.15) is 0 Å². The average Bonchev–Trinajstić information content (AvgIpc) is 2.58. The fourth-order valence-corrected chi connectivity index (χ4v) is 2.93. The van der Waals surface area contributed by atoms with Crippen molar-refractivity contribution in [3.8, 4) is 0 Å². The molecule has 134 valence electrons. The number of amides is 2. The summed E-state index contributed by atoms with van der Waals surface area (Å²) in [6.07, 6.45) is 3.06.